The van der Waals surface area contributed by atoms with Gasteiger partial charge in [0.2, 0.25) is 0 Å². The van der Waals surface area contributed by atoms with Crippen molar-refractivity contribution in [1.29, 1.82) is 0 Å². The van der Waals surface area contributed by atoms with Crippen LogP contribution in [-0.2, 0) is 0 Å². The number of aryl methyl sites for hydroxylation is 2. The highest BCUT2D eigenvalue weighted by Gasteiger charge is 2.21. The Morgan fingerprint density at radius 3 is 2.11 bits per heavy atom. The molecule has 3 heteroatoms. The summed E-state index contributed by atoms with van der Waals surface area (Å²) in [5.41, 5.74) is 3.32. The summed E-state index contributed by atoms with van der Waals surface area (Å²) >= 11 is 0. The Bertz CT molecular complexity index is 542. The Morgan fingerprint density at radius 1 is 1.06 bits per heavy atom. The van der Waals surface area contributed by atoms with Gasteiger partial charge in [0.1, 0.15) is 17.3 Å². The van der Waals surface area contributed by atoms with E-state index >= 15 is 0 Å². The molecule has 18 heavy (non-hydrogen) atoms. The lowest BCUT2D eigenvalue weighted by Gasteiger charge is -2.17. The number of hydrogen-bond donors (Lipinski definition) is 1. The van der Waals surface area contributed by atoms with Gasteiger partial charge in [0.25, 0.3) is 0 Å². The molecule has 0 amide bonds. The zero-order chi connectivity index (χ0) is 13.3. The predicted molar refractivity (Wildman–Crippen MR) is 70.2 cm³/mol. The molecule has 2 rings (SSSR count). The topological polar surface area (TPSA) is 25.2 Å². The van der Waals surface area contributed by atoms with Crippen LogP contribution in [0.1, 0.15) is 34.3 Å². The monoisotopic (exact) mass is 247 g/mol. The number of nitrogens with one attached hydrogen (secondary N) is 1. The van der Waals surface area contributed by atoms with Crippen molar-refractivity contribution in [2.24, 2.45) is 0 Å². The van der Waals surface area contributed by atoms with Gasteiger partial charge in [-0.25, -0.2) is 4.39 Å². The van der Waals surface area contributed by atoms with E-state index in [1.54, 1.807) is 12.1 Å². The quantitative estimate of drug-likeness (QED) is 0.895. The van der Waals surface area contributed by atoms with Gasteiger partial charge in [-0.1, -0.05) is 12.1 Å². The molecule has 0 bridgehead atoms. The van der Waals surface area contributed by atoms with Crippen molar-refractivity contribution >= 4 is 0 Å². The van der Waals surface area contributed by atoms with Gasteiger partial charge in [0.15, 0.2) is 0 Å². The van der Waals surface area contributed by atoms with E-state index in [4.69, 9.17) is 4.42 Å². The minimum absolute atomic E-state index is 0.0306. The molecule has 0 spiro atoms. The van der Waals surface area contributed by atoms with Gasteiger partial charge in [-0.3, -0.25) is 0 Å². The molecule has 0 aliphatic heterocycles. The van der Waals surface area contributed by atoms with E-state index in [2.05, 4.69) is 12.2 Å². The van der Waals surface area contributed by atoms with E-state index in [0.29, 0.717) is 0 Å². The van der Waals surface area contributed by atoms with Crippen LogP contribution in [0.3, 0.4) is 0 Å². The molecule has 0 saturated carbocycles. The number of halogens is 1. The van der Waals surface area contributed by atoms with Crippen molar-refractivity contribution in [3.8, 4) is 0 Å². The molecule has 0 radical (unpaired) electrons. The SMILES string of the molecule is CNC(c1ccc(F)cc1)c1c(C)oc(C)c1C. The Hall–Kier alpha value is -1.61. The second-order valence-electron chi connectivity index (χ2n) is 4.53. The third kappa shape index (κ3) is 2.18. The molecule has 1 heterocycles. The fraction of sp³-hybridized carbons (Fsp3) is 0.333. The van der Waals surface area contributed by atoms with Crippen LogP contribution in [0.15, 0.2) is 28.7 Å². The Kier molecular flexibility index (Phi) is 3.53. The van der Waals surface area contributed by atoms with Crippen LogP contribution in [0.25, 0.3) is 0 Å². The largest absolute Gasteiger partial charge is 0.466 e. The fourth-order valence-corrected chi connectivity index (χ4v) is 2.37. The van der Waals surface area contributed by atoms with Gasteiger partial charge in [-0.05, 0) is 51.1 Å². The van der Waals surface area contributed by atoms with Crippen molar-refractivity contribution in [1.82, 2.24) is 5.32 Å². The zero-order valence-corrected chi connectivity index (χ0v) is 11.2. The molecule has 1 aromatic heterocycles. The maximum Gasteiger partial charge on any atom is 0.123 e. The normalized spacial score (nSPS) is 12.7. The first-order valence-corrected chi connectivity index (χ1v) is 6.03. The molecule has 0 saturated heterocycles. The van der Waals surface area contributed by atoms with Crippen LogP contribution in [0.2, 0.25) is 0 Å². The summed E-state index contributed by atoms with van der Waals surface area (Å²) in [5, 5.41) is 3.27. The Labute approximate surface area is 107 Å². The minimum Gasteiger partial charge on any atom is -0.466 e. The molecule has 0 aliphatic rings. The molecule has 1 unspecified atom stereocenters. The number of hydrogen-bond acceptors (Lipinski definition) is 2. The van der Waals surface area contributed by atoms with Gasteiger partial charge in [-0.2, -0.15) is 0 Å². The smallest absolute Gasteiger partial charge is 0.123 e. The van der Waals surface area contributed by atoms with Gasteiger partial charge in [0, 0.05) is 5.56 Å². The summed E-state index contributed by atoms with van der Waals surface area (Å²) in [6.07, 6.45) is 0. The summed E-state index contributed by atoms with van der Waals surface area (Å²) in [7, 11) is 1.90. The summed E-state index contributed by atoms with van der Waals surface area (Å²) in [4.78, 5) is 0. The van der Waals surface area contributed by atoms with E-state index < -0.39 is 0 Å². The summed E-state index contributed by atoms with van der Waals surface area (Å²) < 4.78 is 18.6. The van der Waals surface area contributed by atoms with Crippen molar-refractivity contribution in [2.45, 2.75) is 26.8 Å². The zero-order valence-electron chi connectivity index (χ0n) is 11.2. The van der Waals surface area contributed by atoms with Gasteiger partial charge < -0.3 is 9.73 Å². The van der Waals surface area contributed by atoms with Crippen LogP contribution in [0.5, 0.6) is 0 Å². The molecular weight excluding hydrogens is 229 g/mol. The van der Waals surface area contributed by atoms with Crippen molar-refractivity contribution in [3.63, 3.8) is 0 Å². The minimum atomic E-state index is -0.217. The van der Waals surface area contributed by atoms with Crippen molar-refractivity contribution in [2.75, 3.05) is 7.05 Å². The maximum absolute atomic E-state index is 13.0. The van der Waals surface area contributed by atoms with Gasteiger partial charge in [-0.15, -0.1) is 0 Å². The second kappa shape index (κ2) is 4.94. The van der Waals surface area contributed by atoms with Crippen LogP contribution < -0.4 is 5.32 Å². The predicted octanol–water partition coefficient (Wildman–Crippen LogP) is 3.65. The second-order valence-corrected chi connectivity index (χ2v) is 4.53. The summed E-state index contributed by atoms with van der Waals surface area (Å²) in [5.74, 6) is 1.63. The Morgan fingerprint density at radius 2 is 1.67 bits per heavy atom. The van der Waals surface area contributed by atoms with Gasteiger partial charge >= 0.3 is 0 Å². The molecular formula is C15H18FNO. The van der Waals surface area contributed by atoms with E-state index in [1.165, 1.54) is 12.1 Å². The highest BCUT2D eigenvalue weighted by atomic mass is 19.1. The van der Waals surface area contributed by atoms with E-state index in [-0.39, 0.29) is 11.9 Å². The molecule has 1 atom stereocenters. The lowest BCUT2D eigenvalue weighted by atomic mass is 9.95. The third-order valence-corrected chi connectivity index (χ3v) is 3.40. The van der Waals surface area contributed by atoms with Crippen LogP contribution in [0.4, 0.5) is 4.39 Å². The highest BCUT2D eigenvalue weighted by molar-refractivity contribution is 5.40. The molecule has 0 fully saturated rings. The van der Waals surface area contributed by atoms with E-state index in [9.17, 15) is 4.39 Å². The molecule has 0 aliphatic carbocycles. The highest BCUT2D eigenvalue weighted by Crippen LogP contribution is 2.31. The lowest BCUT2D eigenvalue weighted by molar-refractivity contribution is 0.495. The van der Waals surface area contributed by atoms with E-state index in [1.807, 2.05) is 20.9 Å². The Balaban J connectivity index is 2.48. The average Bonchev–Trinajstić information content (AvgIpc) is 2.59. The summed E-state index contributed by atoms with van der Waals surface area (Å²) in [6, 6.07) is 6.60. The first-order valence-electron chi connectivity index (χ1n) is 6.03. The number of furan rings is 1. The third-order valence-electron chi connectivity index (χ3n) is 3.40. The van der Waals surface area contributed by atoms with E-state index in [0.717, 1.165) is 28.2 Å². The average molecular weight is 247 g/mol. The standard InChI is InChI=1S/C15H18FNO/c1-9-10(2)18-11(3)14(9)15(17-4)12-5-7-13(16)8-6-12/h5-8,15,17H,1-4H3. The number of rotatable bonds is 3. The first kappa shape index (κ1) is 12.8. The maximum atomic E-state index is 13.0. The molecule has 1 N–H and O–H groups in total. The van der Waals surface area contributed by atoms with Gasteiger partial charge in [0.05, 0.1) is 6.04 Å². The van der Waals surface area contributed by atoms with Crippen LogP contribution in [0, 0.1) is 26.6 Å². The van der Waals surface area contributed by atoms with Crippen molar-refractivity contribution in [3.05, 3.63) is 58.3 Å². The molecule has 2 aromatic rings. The molecule has 96 valence electrons. The lowest BCUT2D eigenvalue weighted by Crippen LogP contribution is -2.18. The first-order chi connectivity index (χ1) is 8.54. The number of benzene rings is 1. The molecule has 1 aromatic carbocycles. The van der Waals surface area contributed by atoms with Crippen LogP contribution >= 0.6 is 0 Å². The van der Waals surface area contributed by atoms with Crippen LogP contribution in [-0.4, -0.2) is 7.05 Å². The fourth-order valence-electron chi connectivity index (χ4n) is 2.37. The summed E-state index contributed by atoms with van der Waals surface area (Å²) in [6.45, 7) is 5.97. The van der Waals surface area contributed by atoms with Crippen molar-refractivity contribution < 1.29 is 8.81 Å². The molecule has 2 nitrogen and oxygen atoms in total.